The minimum absolute atomic E-state index is 0.226. The summed E-state index contributed by atoms with van der Waals surface area (Å²) in [5.41, 5.74) is 0.983. The zero-order valence-electron chi connectivity index (χ0n) is 10.5. The highest BCUT2D eigenvalue weighted by molar-refractivity contribution is 6.29. The summed E-state index contributed by atoms with van der Waals surface area (Å²) < 4.78 is 0. The molecule has 1 saturated carbocycles. The van der Waals surface area contributed by atoms with Crippen LogP contribution in [0, 0.1) is 22.2 Å². The lowest BCUT2D eigenvalue weighted by Crippen LogP contribution is -2.11. The van der Waals surface area contributed by atoms with Gasteiger partial charge in [-0.25, -0.2) is 4.98 Å². The third kappa shape index (κ3) is 1.87. The van der Waals surface area contributed by atoms with E-state index in [1.165, 1.54) is 0 Å². The molecule has 2 rings (SSSR count). The first kappa shape index (κ1) is 12.2. The second-order valence-electron chi connectivity index (χ2n) is 5.70. The number of nitrogens with zero attached hydrogens (tertiary/aromatic N) is 2. The van der Waals surface area contributed by atoms with Crippen molar-refractivity contribution in [1.29, 1.82) is 5.26 Å². The number of hydrogen-bond donors (Lipinski definition) is 1. The van der Waals surface area contributed by atoms with Gasteiger partial charge in [0.25, 0.3) is 0 Å². The third-order valence-corrected chi connectivity index (χ3v) is 4.43. The van der Waals surface area contributed by atoms with Gasteiger partial charge >= 0.3 is 0 Å². The first-order valence-corrected chi connectivity index (χ1v) is 6.01. The summed E-state index contributed by atoms with van der Waals surface area (Å²) >= 11 is 5.87. The fourth-order valence-corrected chi connectivity index (χ4v) is 2.55. The van der Waals surface area contributed by atoms with E-state index in [4.69, 9.17) is 16.9 Å². The van der Waals surface area contributed by atoms with Gasteiger partial charge in [-0.15, -0.1) is 0 Å². The molecule has 0 bridgehead atoms. The molecule has 4 heteroatoms. The molecule has 1 aliphatic carbocycles. The van der Waals surface area contributed by atoms with E-state index in [0.29, 0.717) is 22.6 Å². The van der Waals surface area contributed by atoms with E-state index < -0.39 is 0 Å². The van der Waals surface area contributed by atoms with E-state index in [1.807, 2.05) is 0 Å². The molecule has 90 valence electrons. The van der Waals surface area contributed by atoms with Crippen LogP contribution in [0.3, 0.4) is 0 Å². The second kappa shape index (κ2) is 3.61. The van der Waals surface area contributed by atoms with Gasteiger partial charge in [0.05, 0.1) is 11.6 Å². The number of nitrogens with one attached hydrogen (secondary N) is 1. The molecule has 0 spiro atoms. The maximum atomic E-state index is 8.88. The van der Waals surface area contributed by atoms with Gasteiger partial charge in [-0.05, 0) is 23.0 Å². The van der Waals surface area contributed by atoms with Crippen LogP contribution < -0.4 is 5.32 Å². The van der Waals surface area contributed by atoms with Crippen molar-refractivity contribution in [2.24, 2.45) is 10.8 Å². The van der Waals surface area contributed by atoms with E-state index >= 15 is 0 Å². The van der Waals surface area contributed by atoms with E-state index in [2.05, 4.69) is 44.1 Å². The topological polar surface area (TPSA) is 48.7 Å². The maximum absolute atomic E-state index is 8.88. The number of pyridine rings is 1. The molecule has 1 fully saturated rings. The van der Waals surface area contributed by atoms with Gasteiger partial charge in [0, 0.05) is 6.04 Å². The summed E-state index contributed by atoms with van der Waals surface area (Å²) in [5.74, 6) is 0.678. The predicted molar refractivity (Wildman–Crippen MR) is 68.9 cm³/mol. The lowest BCUT2D eigenvalue weighted by Gasteiger charge is -2.07. The van der Waals surface area contributed by atoms with Crippen molar-refractivity contribution in [3.8, 4) is 6.07 Å². The second-order valence-corrected chi connectivity index (χ2v) is 6.08. The Morgan fingerprint density at radius 2 is 1.88 bits per heavy atom. The van der Waals surface area contributed by atoms with Gasteiger partial charge in [-0.1, -0.05) is 39.3 Å². The number of nitriles is 1. The first-order valence-electron chi connectivity index (χ1n) is 5.63. The van der Waals surface area contributed by atoms with Crippen LogP contribution in [0.5, 0.6) is 0 Å². The fourth-order valence-electron chi connectivity index (χ4n) is 2.34. The molecule has 0 aliphatic heterocycles. The highest BCUT2D eigenvalue weighted by atomic mass is 35.5. The maximum Gasteiger partial charge on any atom is 0.132 e. The van der Waals surface area contributed by atoms with Crippen LogP contribution in [0.15, 0.2) is 12.1 Å². The normalized spacial score (nSPS) is 20.7. The van der Waals surface area contributed by atoms with Crippen LogP contribution in [0.25, 0.3) is 0 Å². The van der Waals surface area contributed by atoms with E-state index in [-0.39, 0.29) is 10.8 Å². The molecule has 17 heavy (non-hydrogen) atoms. The Morgan fingerprint density at radius 3 is 2.35 bits per heavy atom. The van der Waals surface area contributed by atoms with Crippen molar-refractivity contribution >= 4 is 17.4 Å². The minimum atomic E-state index is 0.226. The Balaban J connectivity index is 2.22. The quantitative estimate of drug-likeness (QED) is 0.817. The number of rotatable bonds is 2. The molecule has 0 aromatic carbocycles. The van der Waals surface area contributed by atoms with E-state index in [9.17, 15) is 0 Å². The first-order chi connectivity index (χ1) is 7.79. The molecule has 0 unspecified atom stereocenters. The monoisotopic (exact) mass is 249 g/mol. The number of anilines is 1. The van der Waals surface area contributed by atoms with Crippen molar-refractivity contribution in [2.45, 2.75) is 33.7 Å². The molecule has 1 aromatic heterocycles. The van der Waals surface area contributed by atoms with Gasteiger partial charge in [0.15, 0.2) is 0 Å². The molecular weight excluding hydrogens is 234 g/mol. The average Bonchev–Trinajstić information content (AvgIpc) is 2.60. The van der Waals surface area contributed by atoms with Gasteiger partial charge < -0.3 is 5.32 Å². The standard InChI is InChI=1S/C13H16ClN3/c1-12(2)11(13(12,3)4)17-10-6-8(7-15)5-9(14)16-10/h5-6,11H,1-4H3,(H,16,17). The van der Waals surface area contributed by atoms with Crippen LogP contribution in [-0.2, 0) is 0 Å². The Labute approximate surface area is 107 Å². The smallest absolute Gasteiger partial charge is 0.132 e. The number of aromatic nitrogens is 1. The lowest BCUT2D eigenvalue weighted by atomic mass is 10.0. The summed E-state index contributed by atoms with van der Waals surface area (Å²) in [7, 11) is 0. The van der Waals surface area contributed by atoms with Gasteiger partial charge in [-0.2, -0.15) is 5.26 Å². The molecule has 0 atom stereocenters. The van der Waals surface area contributed by atoms with Crippen LogP contribution in [0.4, 0.5) is 5.82 Å². The molecule has 1 aromatic rings. The van der Waals surface area contributed by atoms with E-state index in [0.717, 1.165) is 0 Å². The number of hydrogen-bond acceptors (Lipinski definition) is 3. The fraction of sp³-hybridized carbons (Fsp3) is 0.538. The summed E-state index contributed by atoms with van der Waals surface area (Å²) in [6, 6.07) is 5.73. The molecule has 0 radical (unpaired) electrons. The SMILES string of the molecule is CC1(C)C(Nc2cc(C#N)cc(Cl)n2)C1(C)C. The lowest BCUT2D eigenvalue weighted by molar-refractivity contribution is 0.457. The van der Waals surface area contributed by atoms with Crippen LogP contribution in [0.1, 0.15) is 33.3 Å². The zero-order chi connectivity index (χ0) is 12.8. The summed E-state index contributed by atoms with van der Waals surface area (Å²) in [6.45, 7) is 8.89. The van der Waals surface area contributed by atoms with Crippen molar-refractivity contribution in [3.63, 3.8) is 0 Å². The summed E-state index contributed by atoms with van der Waals surface area (Å²) in [4.78, 5) is 4.20. The van der Waals surface area contributed by atoms with Crippen molar-refractivity contribution in [3.05, 3.63) is 22.8 Å². The Bertz CT molecular complexity index is 486. The van der Waals surface area contributed by atoms with Crippen LogP contribution in [-0.4, -0.2) is 11.0 Å². The van der Waals surface area contributed by atoms with Crippen LogP contribution in [0.2, 0.25) is 5.15 Å². The van der Waals surface area contributed by atoms with Gasteiger partial charge in [0.1, 0.15) is 11.0 Å². The molecule has 1 aliphatic rings. The molecule has 0 amide bonds. The third-order valence-electron chi connectivity index (χ3n) is 4.24. The van der Waals surface area contributed by atoms with Crippen molar-refractivity contribution in [1.82, 2.24) is 4.98 Å². The van der Waals surface area contributed by atoms with Gasteiger partial charge in [0.2, 0.25) is 0 Å². The Hall–Kier alpha value is -1.27. The Kier molecular flexibility index (Phi) is 2.59. The zero-order valence-corrected chi connectivity index (χ0v) is 11.3. The highest BCUT2D eigenvalue weighted by Crippen LogP contribution is 2.63. The molecule has 0 saturated heterocycles. The largest absolute Gasteiger partial charge is 0.366 e. The predicted octanol–water partition coefficient (Wildman–Crippen LogP) is 3.45. The summed E-state index contributed by atoms with van der Waals surface area (Å²) in [6.07, 6.45) is 0. The summed E-state index contributed by atoms with van der Waals surface area (Å²) in [5, 5.41) is 12.6. The highest BCUT2D eigenvalue weighted by Gasteiger charge is 2.65. The average molecular weight is 250 g/mol. The molecule has 3 nitrogen and oxygen atoms in total. The molecule has 1 heterocycles. The van der Waals surface area contributed by atoms with E-state index in [1.54, 1.807) is 12.1 Å². The Morgan fingerprint density at radius 1 is 1.29 bits per heavy atom. The van der Waals surface area contributed by atoms with Gasteiger partial charge in [-0.3, -0.25) is 0 Å². The molecule has 1 N–H and O–H groups in total. The van der Waals surface area contributed by atoms with Crippen LogP contribution >= 0.6 is 11.6 Å². The number of halogens is 1. The molecular formula is C13H16ClN3. The van der Waals surface area contributed by atoms with Crippen molar-refractivity contribution < 1.29 is 0 Å². The van der Waals surface area contributed by atoms with Crippen molar-refractivity contribution in [2.75, 3.05) is 5.32 Å². The minimum Gasteiger partial charge on any atom is -0.366 e.